The molecule has 2 aliphatic heterocycles. The van der Waals surface area contributed by atoms with Crippen LogP contribution in [0.15, 0.2) is 103 Å². The number of carbonyl (C=O) groups excluding carboxylic acids is 1. The molecule has 2 aliphatic rings. The minimum atomic E-state index is -4.84. The van der Waals surface area contributed by atoms with Gasteiger partial charge in [0.2, 0.25) is 5.91 Å². The number of thiazole rings is 1. The molecule has 6 aromatic rings. The third-order valence-electron chi connectivity index (χ3n) is 10.8. The zero-order valence-electron chi connectivity index (χ0n) is 30.6. The Morgan fingerprint density at radius 1 is 0.982 bits per heavy atom. The van der Waals surface area contributed by atoms with E-state index in [4.69, 9.17) is 0 Å². The number of alkyl halides is 3. The Balaban J connectivity index is 0.921. The maximum absolute atomic E-state index is 14.2. The molecule has 2 saturated heterocycles. The van der Waals surface area contributed by atoms with Crippen LogP contribution in [0.2, 0.25) is 0 Å². The molecule has 1 N–H and O–H groups in total. The van der Waals surface area contributed by atoms with Gasteiger partial charge in [0.05, 0.1) is 23.2 Å². The van der Waals surface area contributed by atoms with Crippen LogP contribution in [-0.4, -0.2) is 83.0 Å². The Morgan fingerprint density at radius 2 is 1.79 bits per heavy atom. The van der Waals surface area contributed by atoms with Crippen molar-refractivity contribution in [2.45, 2.75) is 57.2 Å². The molecule has 6 heterocycles. The first-order valence-corrected chi connectivity index (χ1v) is 19.3. The number of hydrogen-bond acceptors (Lipinski definition) is 9. The van der Waals surface area contributed by atoms with Gasteiger partial charge < -0.3 is 19.3 Å². The summed E-state index contributed by atoms with van der Waals surface area (Å²) in [5, 5.41) is 12.9. The fourth-order valence-corrected chi connectivity index (χ4v) is 8.83. The van der Waals surface area contributed by atoms with Gasteiger partial charge in [0.25, 0.3) is 5.56 Å². The number of nitrogens with zero attached hydrogens (tertiary/aromatic N) is 7. The van der Waals surface area contributed by atoms with Gasteiger partial charge in [-0.2, -0.15) is 0 Å². The van der Waals surface area contributed by atoms with Gasteiger partial charge in [-0.25, -0.2) is 9.97 Å². The highest BCUT2D eigenvalue weighted by Crippen LogP contribution is 2.37. The van der Waals surface area contributed by atoms with Crippen molar-refractivity contribution in [1.29, 1.82) is 0 Å². The van der Waals surface area contributed by atoms with Gasteiger partial charge in [0.15, 0.2) is 5.65 Å². The van der Waals surface area contributed by atoms with E-state index in [0.717, 1.165) is 46.3 Å². The molecule has 11 nitrogen and oxygen atoms in total. The van der Waals surface area contributed by atoms with Gasteiger partial charge in [-0.05, 0) is 68.6 Å². The monoisotopic (exact) mass is 783 g/mol. The van der Waals surface area contributed by atoms with Gasteiger partial charge in [0.1, 0.15) is 17.1 Å². The topological polar surface area (TPSA) is 119 Å². The van der Waals surface area contributed by atoms with Crippen molar-refractivity contribution in [2.24, 2.45) is 5.92 Å². The Labute approximate surface area is 324 Å². The van der Waals surface area contributed by atoms with Crippen LogP contribution in [0, 0.1) is 12.8 Å². The van der Waals surface area contributed by atoms with E-state index in [1.807, 2.05) is 54.5 Å². The lowest BCUT2D eigenvalue weighted by Crippen LogP contribution is -2.53. The quantitative estimate of drug-likeness (QED) is 0.175. The van der Waals surface area contributed by atoms with Crippen LogP contribution in [0.3, 0.4) is 0 Å². The first-order chi connectivity index (χ1) is 26.9. The summed E-state index contributed by atoms with van der Waals surface area (Å²) in [5.41, 5.74) is 2.05. The number of ether oxygens (including phenoxy) is 1. The van der Waals surface area contributed by atoms with E-state index in [0.29, 0.717) is 25.2 Å². The molecule has 0 unspecified atom stereocenters. The zero-order chi connectivity index (χ0) is 39.0. The molecule has 0 saturated carbocycles. The van der Waals surface area contributed by atoms with Crippen molar-refractivity contribution in [1.82, 2.24) is 33.9 Å². The predicted molar refractivity (Wildman–Crippen MR) is 205 cm³/mol. The molecular formula is C41H40F3N7O4S. The fraction of sp³-hybridized carbons (Fsp3) is 0.341. The number of likely N-dealkylation sites (tertiary alicyclic amines) is 2. The normalized spacial score (nSPS) is 19.0. The fourth-order valence-electron chi connectivity index (χ4n) is 7.88. The smallest absolute Gasteiger partial charge is 0.406 e. The first kappa shape index (κ1) is 37.5. The van der Waals surface area contributed by atoms with Crippen LogP contribution in [-0.2, 0) is 17.9 Å². The summed E-state index contributed by atoms with van der Waals surface area (Å²) in [4.78, 5) is 46.7. The summed E-state index contributed by atoms with van der Waals surface area (Å²) in [6, 6.07) is 21.2. The van der Waals surface area contributed by atoms with Crippen LogP contribution >= 0.6 is 11.3 Å². The molecule has 0 bridgehead atoms. The summed E-state index contributed by atoms with van der Waals surface area (Å²) in [7, 11) is 0. The predicted octanol–water partition coefficient (Wildman–Crippen LogP) is 6.57. The Bertz CT molecular complexity index is 2390. The Hall–Kier alpha value is -5.38. The molecule has 2 aromatic carbocycles. The lowest BCUT2D eigenvalue weighted by Gasteiger charge is -2.43. The second-order valence-electron chi connectivity index (χ2n) is 14.7. The highest BCUT2D eigenvalue weighted by molar-refractivity contribution is 7.15. The van der Waals surface area contributed by atoms with Crippen molar-refractivity contribution in [3.05, 3.63) is 124 Å². The maximum Gasteiger partial charge on any atom is 0.573 e. The van der Waals surface area contributed by atoms with Crippen molar-refractivity contribution in [3.63, 3.8) is 0 Å². The van der Waals surface area contributed by atoms with Gasteiger partial charge in [-0.3, -0.25) is 24.0 Å². The molecule has 0 spiro atoms. The number of rotatable bonds is 9. The van der Waals surface area contributed by atoms with Crippen molar-refractivity contribution >= 4 is 28.3 Å². The summed E-state index contributed by atoms with van der Waals surface area (Å²) in [5.74, 6) is -0.528. The number of benzene rings is 2. The number of aromatic nitrogens is 5. The van der Waals surface area contributed by atoms with E-state index < -0.39 is 17.7 Å². The highest BCUT2D eigenvalue weighted by Gasteiger charge is 2.41. The number of carbonyl (C=O) groups is 1. The third-order valence-corrected chi connectivity index (χ3v) is 11.8. The van der Waals surface area contributed by atoms with E-state index in [1.165, 1.54) is 33.7 Å². The largest absolute Gasteiger partial charge is 0.573 e. The van der Waals surface area contributed by atoms with E-state index in [-0.39, 0.29) is 53.7 Å². The third kappa shape index (κ3) is 8.11. The van der Waals surface area contributed by atoms with Crippen LogP contribution < -0.4 is 10.3 Å². The highest BCUT2D eigenvalue weighted by atomic mass is 32.1. The second-order valence-corrected chi connectivity index (χ2v) is 15.8. The standard InChI is InChI=1S/C41H40F3N7O4S/c1-27-10-11-29(21-45-27)37-46-22-32(56-37)23-48-16-12-33(35(24-48)28-6-3-2-4-7-28)38(52)49-18-14-40(54,15-19-49)25-50-26-47-36-34(39(50)53)13-17-51(36)30-8-5-9-31(20-30)55-41(42,43)44/h2-11,13,17,20-22,26,33,35,54H,12,14-16,18-19,23-25H2,1H3/t33-,35+/m1/s1. The van der Waals surface area contributed by atoms with Crippen molar-refractivity contribution < 1.29 is 27.8 Å². The van der Waals surface area contributed by atoms with E-state index in [9.17, 15) is 27.9 Å². The second kappa shape index (κ2) is 15.3. The van der Waals surface area contributed by atoms with E-state index in [2.05, 4.69) is 36.7 Å². The molecule has 4 aromatic heterocycles. The number of aryl methyl sites for hydroxylation is 1. The minimum Gasteiger partial charge on any atom is -0.406 e. The average molecular weight is 784 g/mol. The summed E-state index contributed by atoms with van der Waals surface area (Å²) < 4.78 is 45.3. The van der Waals surface area contributed by atoms with E-state index >= 15 is 0 Å². The van der Waals surface area contributed by atoms with Crippen molar-refractivity contribution in [2.75, 3.05) is 26.2 Å². The van der Waals surface area contributed by atoms with Crippen LogP contribution in [0.4, 0.5) is 13.2 Å². The molecule has 0 aliphatic carbocycles. The van der Waals surface area contributed by atoms with Crippen molar-refractivity contribution in [3.8, 4) is 22.0 Å². The van der Waals surface area contributed by atoms with Gasteiger partial charge >= 0.3 is 6.36 Å². The summed E-state index contributed by atoms with van der Waals surface area (Å²) >= 11 is 1.66. The molecule has 15 heteroatoms. The Kier molecular flexibility index (Phi) is 10.2. The SMILES string of the molecule is Cc1ccc(-c2ncc(CN3CC[C@@H](C(=O)N4CCC(O)(Cn5cnc6c(ccn6-c6cccc(OC(F)(F)F)c6)c5=O)CC4)[C@H](c4ccccc4)C3)s2)cn1. The van der Waals surface area contributed by atoms with E-state index in [1.54, 1.807) is 29.7 Å². The summed E-state index contributed by atoms with van der Waals surface area (Å²) in [6.07, 6.45) is 3.12. The molecule has 2 fully saturated rings. The van der Waals surface area contributed by atoms with Crippen LogP contribution in [0.1, 0.15) is 41.3 Å². The number of halogens is 3. The summed E-state index contributed by atoms with van der Waals surface area (Å²) in [6.45, 7) is 4.89. The lowest BCUT2D eigenvalue weighted by molar-refractivity contribution is -0.274. The minimum absolute atomic E-state index is 0.00437. The molecule has 8 rings (SSSR count). The Morgan fingerprint density at radius 3 is 2.54 bits per heavy atom. The average Bonchev–Trinajstić information content (AvgIpc) is 3.84. The number of piperidine rings is 2. The van der Waals surface area contributed by atoms with Crippen LogP contribution in [0.5, 0.6) is 5.75 Å². The maximum atomic E-state index is 14.2. The lowest BCUT2D eigenvalue weighted by atomic mass is 9.79. The molecular weight excluding hydrogens is 744 g/mol. The van der Waals surface area contributed by atoms with Crippen LogP contribution in [0.25, 0.3) is 27.3 Å². The van der Waals surface area contributed by atoms with Gasteiger partial charge in [0, 0.05) is 78.8 Å². The number of amides is 1. The van der Waals surface area contributed by atoms with Gasteiger partial charge in [-0.1, -0.05) is 36.4 Å². The molecule has 290 valence electrons. The molecule has 56 heavy (non-hydrogen) atoms. The number of aliphatic hydroxyl groups is 1. The number of hydrogen-bond donors (Lipinski definition) is 1. The molecule has 1 amide bonds. The van der Waals surface area contributed by atoms with Gasteiger partial charge in [-0.15, -0.1) is 24.5 Å². The molecule has 0 radical (unpaired) electrons. The molecule has 2 atom stereocenters. The number of fused-ring (bicyclic) bond motifs is 1. The zero-order valence-corrected chi connectivity index (χ0v) is 31.4. The number of pyridine rings is 1. The first-order valence-electron chi connectivity index (χ1n) is 18.5.